The van der Waals surface area contributed by atoms with Gasteiger partial charge in [0.25, 0.3) is 0 Å². The number of amides is 1. The summed E-state index contributed by atoms with van der Waals surface area (Å²) in [6, 6.07) is 1.40. The van der Waals surface area contributed by atoms with Crippen LogP contribution < -0.4 is 11.0 Å². The van der Waals surface area contributed by atoms with Crippen LogP contribution in [0, 0.1) is 0 Å². The maximum atomic E-state index is 12.0. The molecule has 1 amide bonds. The first kappa shape index (κ1) is 18.6. The van der Waals surface area contributed by atoms with Gasteiger partial charge in [0.05, 0.1) is 6.61 Å². The summed E-state index contributed by atoms with van der Waals surface area (Å²) in [6.07, 6.45) is -0.0123. The summed E-state index contributed by atoms with van der Waals surface area (Å²) < 4.78 is 9.65. The third-order valence-electron chi connectivity index (χ3n) is 2.62. The lowest BCUT2D eigenvalue weighted by molar-refractivity contribution is -0.00629. The average Bonchev–Trinajstić information content (AvgIpc) is 2.93. The molecule has 8 nitrogen and oxygen atoms in total. The first-order valence-corrected chi connectivity index (χ1v) is 8.44. The van der Waals surface area contributed by atoms with Crippen LogP contribution in [0.1, 0.15) is 6.23 Å². The van der Waals surface area contributed by atoms with Gasteiger partial charge in [0.15, 0.2) is 0 Å². The van der Waals surface area contributed by atoms with Crippen LogP contribution in [0.15, 0.2) is 17.1 Å². The number of thioether (sulfide) groups is 1. The van der Waals surface area contributed by atoms with Crippen LogP contribution >= 0.6 is 46.6 Å². The van der Waals surface area contributed by atoms with Crippen molar-refractivity contribution in [2.75, 3.05) is 24.3 Å². The number of aliphatic hydroxyl groups is 1. The van der Waals surface area contributed by atoms with Crippen LogP contribution in [0.25, 0.3) is 0 Å². The standard InChI is InChI=1S/C11H12Cl3N3O5S/c12-11(13,14)5-21-10(20)16-6-1-2-17(9(19)15-6)7-4-23-8(3-18)22-7/h1-2,7-8,18H,3-5H2,(H,15,16,19,20)/t7-,8+/m0/s1. The van der Waals surface area contributed by atoms with Crippen LogP contribution in [0.3, 0.4) is 0 Å². The van der Waals surface area contributed by atoms with E-state index in [1.807, 2.05) is 0 Å². The molecule has 2 rings (SSSR count). The molecule has 1 aromatic rings. The number of aliphatic hydroxyl groups excluding tert-OH is 1. The molecule has 0 aliphatic carbocycles. The number of rotatable bonds is 4. The first-order valence-electron chi connectivity index (χ1n) is 6.26. The Kier molecular flexibility index (Phi) is 6.40. The van der Waals surface area contributed by atoms with Gasteiger partial charge in [-0.15, -0.1) is 11.8 Å². The Labute approximate surface area is 150 Å². The van der Waals surface area contributed by atoms with E-state index in [4.69, 9.17) is 44.6 Å². The Morgan fingerprint density at radius 1 is 1.61 bits per heavy atom. The van der Waals surface area contributed by atoms with Gasteiger partial charge in [0.2, 0.25) is 3.79 Å². The summed E-state index contributed by atoms with van der Waals surface area (Å²) >= 11 is 17.7. The smallest absolute Gasteiger partial charge is 0.412 e. The Hall–Kier alpha value is -0.710. The van der Waals surface area contributed by atoms with Crippen molar-refractivity contribution < 1.29 is 19.4 Å². The largest absolute Gasteiger partial charge is 0.445 e. The zero-order valence-electron chi connectivity index (χ0n) is 11.4. The van der Waals surface area contributed by atoms with Crippen molar-refractivity contribution in [2.24, 2.45) is 0 Å². The van der Waals surface area contributed by atoms with Crippen LogP contribution in [-0.4, -0.2) is 48.9 Å². The highest BCUT2D eigenvalue weighted by Gasteiger charge is 2.27. The van der Waals surface area contributed by atoms with Crippen molar-refractivity contribution in [3.8, 4) is 0 Å². The number of hydrogen-bond donors (Lipinski definition) is 2. The van der Waals surface area contributed by atoms with Gasteiger partial charge < -0.3 is 14.6 Å². The molecule has 0 aromatic carbocycles. The van der Waals surface area contributed by atoms with Crippen molar-refractivity contribution in [3.05, 3.63) is 22.7 Å². The SMILES string of the molecule is O=C(Nc1ccn([C@@H]2CS[C@H](CO)O2)c(=O)n1)OCC(Cl)(Cl)Cl. The summed E-state index contributed by atoms with van der Waals surface area (Å²) in [6.45, 7) is -0.589. The fraction of sp³-hybridized carbons (Fsp3) is 0.545. The van der Waals surface area contributed by atoms with E-state index in [-0.39, 0.29) is 17.9 Å². The normalized spacial score (nSPS) is 21.2. The summed E-state index contributed by atoms with van der Waals surface area (Å²) in [5, 5.41) is 11.3. The van der Waals surface area contributed by atoms with Gasteiger partial charge in [-0.2, -0.15) is 4.98 Å². The first-order chi connectivity index (χ1) is 10.8. The number of nitrogens with zero attached hydrogens (tertiary/aromatic N) is 2. The summed E-state index contributed by atoms with van der Waals surface area (Å²) in [5.74, 6) is 0.496. The molecule has 2 atom stereocenters. The van der Waals surface area contributed by atoms with Gasteiger partial charge in [-0.05, 0) is 6.07 Å². The van der Waals surface area contributed by atoms with Crippen LogP contribution in [0.5, 0.6) is 0 Å². The van der Waals surface area contributed by atoms with E-state index < -0.39 is 28.4 Å². The number of carbonyl (C=O) groups is 1. The van der Waals surface area contributed by atoms with Crippen molar-refractivity contribution in [3.63, 3.8) is 0 Å². The zero-order chi connectivity index (χ0) is 17.0. The number of ether oxygens (including phenoxy) is 2. The van der Waals surface area contributed by atoms with E-state index >= 15 is 0 Å². The number of carbonyl (C=O) groups excluding carboxylic acids is 1. The van der Waals surface area contributed by atoms with E-state index in [9.17, 15) is 9.59 Å². The molecule has 23 heavy (non-hydrogen) atoms. The molecule has 0 bridgehead atoms. The van der Waals surface area contributed by atoms with Gasteiger partial charge in [0.1, 0.15) is 24.1 Å². The van der Waals surface area contributed by atoms with Crippen LogP contribution in [-0.2, 0) is 9.47 Å². The van der Waals surface area contributed by atoms with E-state index in [0.717, 1.165) is 0 Å². The molecular formula is C11H12Cl3N3O5S. The van der Waals surface area contributed by atoms with Crippen molar-refractivity contribution in [1.29, 1.82) is 0 Å². The average molecular weight is 405 g/mol. The van der Waals surface area contributed by atoms with Crippen molar-refractivity contribution in [2.45, 2.75) is 15.5 Å². The lowest BCUT2D eigenvalue weighted by Crippen LogP contribution is -2.30. The summed E-state index contributed by atoms with van der Waals surface area (Å²) in [4.78, 5) is 27.1. The van der Waals surface area contributed by atoms with Gasteiger partial charge in [-0.25, -0.2) is 9.59 Å². The minimum atomic E-state index is -1.73. The molecule has 2 heterocycles. The number of alkyl halides is 3. The Balaban J connectivity index is 1.97. The maximum absolute atomic E-state index is 12.0. The van der Waals surface area contributed by atoms with E-state index in [1.54, 1.807) is 0 Å². The zero-order valence-corrected chi connectivity index (χ0v) is 14.5. The molecule has 0 unspecified atom stereocenters. The molecule has 1 fully saturated rings. The molecule has 0 radical (unpaired) electrons. The number of nitrogens with one attached hydrogen (secondary N) is 1. The third-order valence-corrected chi connectivity index (χ3v) is 4.06. The number of aromatic nitrogens is 2. The topological polar surface area (TPSA) is 103 Å². The highest BCUT2D eigenvalue weighted by Crippen LogP contribution is 2.30. The van der Waals surface area contributed by atoms with Gasteiger partial charge in [0, 0.05) is 11.9 Å². The minimum Gasteiger partial charge on any atom is -0.445 e. The predicted molar refractivity (Wildman–Crippen MR) is 87.2 cm³/mol. The molecule has 0 spiro atoms. The van der Waals surface area contributed by atoms with Gasteiger partial charge in [-0.3, -0.25) is 9.88 Å². The highest BCUT2D eigenvalue weighted by atomic mass is 35.6. The van der Waals surface area contributed by atoms with E-state index in [0.29, 0.717) is 5.75 Å². The molecule has 0 saturated carbocycles. The second-order valence-corrected chi connectivity index (χ2v) is 8.06. The molecule has 1 saturated heterocycles. The third kappa shape index (κ3) is 5.70. The van der Waals surface area contributed by atoms with Crippen molar-refractivity contribution in [1.82, 2.24) is 9.55 Å². The number of halogens is 3. The fourth-order valence-corrected chi connectivity index (χ4v) is 2.77. The number of hydrogen-bond acceptors (Lipinski definition) is 7. The van der Waals surface area contributed by atoms with E-state index in [2.05, 4.69) is 15.0 Å². The predicted octanol–water partition coefficient (Wildman–Crippen LogP) is 1.74. The Morgan fingerprint density at radius 2 is 2.35 bits per heavy atom. The van der Waals surface area contributed by atoms with Crippen LogP contribution in [0.4, 0.5) is 10.6 Å². The fourth-order valence-electron chi connectivity index (χ4n) is 1.67. The molecule has 1 aliphatic heterocycles. The molecule has 1 aromatic heterocycles. The molecular weight excluding hydrogens is 393 g/mol. The highest BCUT2D eigenvalue weighted by molar-refractivity contribution is 8.00. The van der Waals surface area contributed by atoms with Crippen LogP contribution in [0.2, 0.25) is 0 Å². The lowest BCUT2D eigenvalue weighted by atomic mass is 10.5. The maximum Gasteiger partial charge on any atom is 0.412 e. The molecule has 1 aliphatic rings. The Morgan fingerprint density at radius 3 is 2.91 bits per heavy atom. The monoisotopic (exact) mass is 403 g/mol. The van der Waals surface area contributed by atoms with Gasteiger partial charge >= 0.3 is 11.8 Å². The number of anilines is 1. The second kappa shape index (κ2) is 7.91. The Bertz CT molecular complexity index is 624. The molecule has 2 N–H and O–H groups in total. The minimum absolute atomic E-state index is 0.00933. The van der Waals surface area contributed by atoms with Gasteiger partial charge in [-0.1, -0.05) is 34.8 Å². The summed E-state index contributed by atoms with van der Waals surface area (Å²) in [7, 11) is 0. The quantitative estimate of drug-likeness (QED) is 0.737. The second-order valence-electron chi connectivity index (χ2n) is 4.36. The van der Waals surface area contributed by atoms with E-state index in [1.165, 1.54) is 28.6 Å². The van der Waals surface area contributed by atoms with Crippen molar-refractivity contribution >= 4 is 58.5 Å². The lowest BCUT2D eigenvalue weighted by Gasteiger charge is -2.14. The molecule has 128 valence electrons. The summed E-state index contributed by atoms with van der Waals surface area (Å²) in [5.41, 5.74) is -0.991. The molecule has 12 heteroatoms.